The van der Waals surface area contributed by atoms with E-state index in [1.165, 1.54) is 11.3 Å². The molecule has 3 aliphatic heterocycles. The van der Waals surface area contributed by atoms with Gasteiger partial charge in [0.1, 0.15) is 0 Å². The average molecular weight is 404 g/mol. The maximum absolute atomic E-state index is 13.0. The Labute approximate surface area is 167 Å². The van der Waals surface area contributed by atoms with Crippen molar-refractivity contribution >= 4 is 34.9 Å². The Morgan fingerprint density at radius 1 is 1.46 bits per heavy atom. The first kappa shape index (κ1) is 18.8. The highest BCUT2D eigenvalue weighted by Gasteiger charge is 2.53. The van der Waals surface area contributed by atoms with Gasteiger partial charge in [-0.3, -0.25) is 14.6 Å². The van der Waals surface area contributed by atoms with Crippen LogP contribution in [0.5, 0.6) is 0 Å². The first-order valence-electron chi connectivity index (χ1n) is 9.20. The number of nitrogens with two attached hydrogens (primary N) is 1. The molecule has 3 aliphatic rings. The summed E-state index contributed by atoms with van der Waals surface area (Å²) >= 11 is 1.33. The van der Waals surface area contributed by atoms with Gasteiger partial charge in [-0.25, -0.2) is 9.79 Å². The molecular formula is C18H24N6O3S. The zero-order valence-electron chi connectivity index (χ0n) is 16.1. The number of aryl methyl sites for hydroxylation is 1. The molecule has 0 spiro atoms. The number of fused-ring (bicyclic) bond motifs is 1. The van der Waals surface area contributed by atoms with Crippen molar-refractivity contribution in [2.24, 2.45) is 10.7 Å². The number of urea groups is 1. The van der Waals surface area contributed by atoms with E-state index < -0.39 is 11.6 Å². The molecule has 4 rings (SSSR count). The molecule has 0 aliphatic carbocycles. The van der Waals surface area contributed by atoms with Crippen molar-refractivity contribution in [2.45, 2.75) is 38.4 Å². The number of carbonyl (C=O) groups excluding carboxylic acids is 2. The minimum absolute atomic E-state index is 0.0600. The Balaban J connectivity index is 1.65. The van der Waals surface area contributed by atoms with Crippen LogP contribution in [0.3, 0.4) is 0 Å². The third-order valence-electron chi connectivity index (χ3n) is 5.45. The molecule has 0 bridgehead atoms. The van der Waals surface area contributed by atoms with Crippen LogP contribution in [-0.2, 0) is 4.74 Å². The molecule has 9 nitrogen and oxygen atoms in total. The average Bonchev–Trinajstić information content (AvgIpc) is 3.11. The number of hydrogen-bond acceptors (Lipinski definition) is 7. The number of ether oxygens (including phenoxy) is 1. The highest BCUT2D eigenvalue weighted by Crippen LogP contribution is 2.41. The normalized spacial score (nSPS) is 25.2. The Kier molecular flexibility index (Phi) is 4.54. The SMILES string of the molecule is Cc1sc(C(N)=O)cc1NC1=NC2(C)C(=CN1)N(C)C(=O)N2C1CCOCC1. The van der Waals surface area contributed by atoms with Crippen molar-refractivity contribution in [3.63, 3.8) is 0 Å². The molecule has 4 heterocycles. The van der Waals surface area contributed by atoms with Crippen LogP contribution in [0.2, 0.25) is 0 Å². The number of carbonyl (C=O) groups is 2. The number of primary amides is 1. The van der Waals surface area contributed by atoms with Crippen LogP contribution in [0.1, 0.15) is 34.3 Å². The van der Waals surface area contributed by atoms with E-state index in [1.807, 2.05) is 24.9 Å². The van der Waals surface area contributed by atoms with Gasteiger partial charge in [-0.05, 0) is 32.8 Å². The topological polar surface area (TPSA) is 112 Å². The van der Waals surface area contributed by atoms with Gasteiger partial charge >= 0.3 is 6.03 Å². The molecule has 1 aromatic rings. The van der Waals surface area contributed by atoms with Gasteiger partial charge < -0.3 is 21.1 Å². The fourth-order valence-corrected chi connectivity index (χ4v) is 4.82. The van der Waals surface area contributed by atoms with E-state index in [0.29, 0.717) is 24.1 Å². The maximum Gasteiger partial charge on any atom is 0.326 e. The van der Waals surface area contributed by atoms with Crippen molar-refractivity contribution in [2.75, 3.05) is 25.6 Å². The molecule has 150 valence electrons. The van der Waals surface area contributed by atoms with E-state index in [4.69, 9.17) is 15.5 Å². The second kappa shape index (κ2) is 6.78. The van der Waals surface area contributed by atoms with Gasteiger partial charge in [0.15, 0.2) is 5.66 Å². The molecule has 2 saturated heterocycles. The molecule has 4 N–H and O–H groups in total. The molecular weight excluding hydrogens is 380 g/mol. The highest BCUT2D eigenvalue weighted by atomic mass is 32.1. The molecule has 1 aromatic heterocycles. The first-order valence-corrected chi connectivity index (χ1v) is 10.0. The van der Waals surface area contributed by atoms with Crippen LogP contribution < -0.4 is 16.4 Å². The second-order valence-corrected chi connectivity index (χ2v) is 8.54. The molecule has 28 heavy (non-hydrogen) atoms. The minimum Gasteiger partial charge on any atom is -0.381 e. The molecule has 1 unspecified atom stereocenters. The highest BCUT2D eigenvalue weighted by molar-refractivity contribution is 7.14. The van der Waals surface area contributed by atoms with E-state index >= 15 is 0 Å². The summed E-state index contributed by atoms with van der Waals surface area (Å²) in [4.78, 5) is 34.2. The third kappa shape index (κ3) is 2.92. The van der Waals surface area contributed by atoms with Gasteiger partial charge in [-0.15, -0.1) is 11.3 Å². The van der Waals surface area contributed by atoms with E-state index in [2.05, 4.69) is 10.6 Å². The van der Waals surface area contributed by atoms with Crippen LogP contribution in [0.25, 0.3) is 0 Å². The summed E-state index contributed by atoms with van der Waals surface area (Å²) in [5.41, 5.74) is 6.14. The smallest absolute Gasteiger partial charge is 0.326 e. The molecule has 1 atom stereocenters. The van der Waals surface area contributed by atoms with Gasteiger partial charge in [-0.2, -0.15) is 0 Å². The van der Waals surface area contributed by atoms with E-state index in [1.54, 1.807) is 18.0 Å². The van der Waals surface area contributed by atoms with Gasteiger partial charge in [0.05, 0.1) is 16.3 Å². The fraction of sp³-hybridized carbons (Fsp3) is 0.500. The summed E-state index contributed by atoms with van der Waals surface area (Å²) in [7, 11) is 1.77. The number of anilines is 1. The number of nitrogens with one attached hydrogen (secondary N) is 2. The first-order chi connectivity index (χ1) is 13.3. The Morgan fingerprint density at radius 2 is 2.18 bits per heavy atom. The van der Waals surface area contributed by atoms with Crippen molar-refractivity contribution in [1.29, 1.82) is 0 Å². The summed E-state index contributed by atoms with van der Waals surface area (Å²) in [6, 6.07) is 1.73. The van der Waals surface area contributed by atoms with Gasteiger partial charge in [0.2, 0.25) is 5.96 Å². The zero-order chi connectivity index (χ0) is 20.1. The lowest BCUT2D eigenvalue weighted by molar-refractivity contribution is 0.0291. The fourth-order valence-electron chi connectivity index (χ4n) is 4.00. The van der Waals surface area contributed by atoms with E-state index in [-0.39, 0.29) is 12.1 Å². The predicted octanol–water partition coefficient (Wildman–Crippen LogP) is 1.63. The molecule has 10 heteroatoms. The standard InChI is InChI=1S/C18H24N6O3S/c1-10-12(8-13(28-10)15(19)25)21-16-20-9-14-18(2,22-16)24(17(26)23(14)3)11-4-6-27-7-5-11/h8-9,11H,4-7H2,1-3H3,(H2,19,25)(H2,20,21,22). The lowest BCUT2D eigenvalue weighted by Crippen LogP contribution is -2.53. The molecule has 2 fully saturated rings. The predicted molar refractivity (Wildman–Crippen MR) is 107 cm³/mol. The third-order valence-corrected chi connectivity index (χ3v) is 6.52. The maximum atomic E-state index is 13.0. The summed E-state index contributed by atoms with van der Waals surface area (Å²) in [5, 5.41) is 6.36. The Hall–Kier alpha value is -2.59. The van der Waals surface area contributed by atoms with Crippen molar-refractivity contribution in [3.8, 4) is 0 Å². The zero-order valence-corrected chi connectivity index (χ0v) is 16.9. The lowest BCUT2D eigenvalue weighted by atomic mass is 10.0. The number of guanidine groups is 1. The van der Waals surface area contributed by atoms with E-state index in [9.17, 15) is 9.59 Å². The molecule has 0 radical (unpaired) electrons. The van der Waals surface area contributed by atoms with Crippen LogP contribution in [0.15, 0.2) is 23.0 Å². The second-order valence-electron chi connectivity index (χ2n) is 7.28. The van der Waals surface area contributed by atoms with Crippen molar-refractivity contribution in [1.82, 2.24) is 15.1 Å². The number of aliphatic imine (C=N–C) groups is 1. The number of thiophene rings is 1. The van der Waals surface area contributed by atoms with Gasteiger partial charge in [0.25, 0.3) is 5.91 Å². The monoisotopic (exact) mass is 404 g/mol. The van der Waals surface area contributed by atoms with Crippen molar-refractivity contribution < 1.29 is 14.3 Å². The summed E-state index contributed by atoms with van der Waals surface area (Å²) in [6.07, 6.45) is 3.39. The molecule has 0 saturated carbocycles. The Morgan fingerprint density at radius 3 is 2.82 bits per heavy atom. The largest absolute Gasteiger partial charge is 0.381 e. The number of nitrogens with zero attached hydrogens (tertiary/aromatic N) is 3. The van der Waals surface area contributed by atoms with E-state index in [0.717, 1.165) is 29.1 Å². The summed E-state index contributed by atoms with van der Waals surface area (Å²) < 4.78 is 5.46. The van der Waals surface area contributed by atoms with Crippen molar-refractivity contribution in [3.05, 3.63) is 27.7 Å². The summed E-state index contributed by atoms with van der Waals surface area (Å²) in [5.74, 6) is 0.0610. The quantitative estimate of drug-likeness (QED) is 0.709. The molecule has 0 aromatic carbocycles. The van der Waals surface area contributed by atoms with Crippen LogP contribution in [-0.4, -0.2) is 59.7 Å². The summed E-state index contributed by atoms with van der Waals surface area (Å²) in [6.45, 7) is 5.15. The molecule has 3 amide bonds. The number of likely N-dealkylation sites (N-methyl/N-ethyl adjacent to an activating group) is 1. The minimum atomic E-state index is -0.808. The number of hydrogen-bond donors (Lipinski definition) is 3. The van der Waals surface area contributed by atoms with Gasteiger partial charge in [-0.1, -0.05) is 0 Å². The van der Waals surface area contributed by atoms with Crippen LogP contribution in [0, 0.1) is 6.92 Å². The number of rotatable bonds is 3. The Bertz CT molecular complexity index is 888. The van der Waals surface area contributed by atoms with Crippen LogP contribution >= 0.6 is 11.3 Å². The number of amides is 3. The lowest BCUT2D eigenvalue weighted by Gasteiger charge is -2.40. The van der Waals surface area contributed by atoms with Crippen LogP contribution in [0.4, 0.5) is 10.5 Å². The van der Waals surface area contributed by atoms with Gasteiger partial charge in [0, 0.05) is 37.4 Å².